The van der Waals surface area contributed by atoms with Gasteiger partial charge in [-0.25, -0.2) is 23.0 Å². The highest BCUT2D eigenvalue weighted by atomic mass is 32.2. The van der Waals surface area contributed by atoms with Gasteiger partial charge < -0.3 is 29.0 Å². The van der Waals surface area contributed by atoms with Gasteiger partial charge in [-0.3, -0.25) is 9.69 Å². The second-order valence-electron chi connectivity index (χ2n) is 14.9. The SMILES string of the molecule is C[C@@H](C(=O)OC1CCN(C(=O)C2CCC(Nc3nccc(-n4ccc5c(OCCCS(C)(=O)=O)cccc54)n3)CC2)CC1)N(C)C(=O)OC(C)(C)C. The van der Waals surface area contributed by atoms with E-state index in [1.807, 2.05) is 46.0 Å². The number of likely N-dealkylation sites (tertiary alicyclic amines) is 1. The lowest BCUT2D eigenvalue weighted by atomic mass is 9.85. The third kappa shape index (κ3) is 10.4. The van der Waals surface area contributed by atoms with Gasteiger partial charge in [0, 0.05) is 69.0 Å². The Morgan fingerprint density at radius 1 is 1.04 bits per heavy atom. The van der Waals surface area contributed by atoms with Crippen LogP contribution in [0.1, 0.15) is 72.6 Å². The minimum atomic E-state index is -3.04. The quantitative estimate of drug-likeness (QED) is 0.197. The van der Waals surface area contributed by atoms with Crippen molar-refractivity contribution in [2.24, 2.45) is 5.92 Å². The maximum Gasteiger partial charge on any atom is 0.410 e. The molecule has 1 aliphatic heterocycles. The molecule has 5 rings (SSSR count). The molecule has 15 heteroatoms. The number of anilines is 1. The summed E-state index contributed by atoms with van der Waals surface area (Å²) < 4.78 is 41.9. The van der Waals surface area contributed by atoms with E-state index < -0.39 is 33.5 Å². The second-order valence-corrected chi connectivity index (χ2v) is 17.1. The third-order valence-corrected chi connectivity index (χ3v) is 10.6. The number of likely N-dealkylation sites (N-methyl/N-ethyl adjacent to an activating group) is 1. The molecule has 3 heterocycles. The molecule has 0 bridgehead atoms. The van der Waals surface area contributed by atoms with Crippen molar-refractivity contribution in [3.63, 3.8) is 0 Å². The van der Waals surface area contributed by atoms with E-state index in [9.17, 15) is 22.8 Å². The predicted molar refractivity (Wildman–Crippen MR) is 197 cm³/mol. The number of esters is 1. The first-order valence-corrected chi connectivity index (χ1v) is 20.1. The number of nitrogens with one attached hydrogen (secondary N) is 1. The molecule has 284 valence electrons. The third-order valence-electron chi connectivity index (χ3n) is 9.55. The number of ether oxygens (including phenoxy) is 3. The Kier molecular flexibility index (Phi) is 12.3. The molecule has 1 N–H and O–H groups in total. The monoisotopic (exact) mass is 740 g/mol. The van der Waals surface area contributed by atoms with Gasteiger partial charge >= 0.3 is 12.1 Å². The number of carbonyl (C=O) groups is 3. The standard InChI is InChI=1S/C37H52N6O8S/c1-25(41(5)36(46)51-37(2,3)4)34(45)50-28-16-20-42(21-17-28)33(44)26-11-13-27(14-12-26)39-35-38-19-15-32(40-35)43-22-18-29-30(43)9-7-10-31(29)49-23-8-24-52(6,47)48/h7,9-10,15,18-19,22,25-28H,8,11-14,16-17,20-21,23-24H2,1-6H3,(H,38,39,40)/t25-,26?,27?/m0/s1. The summed E-state index contributed by atoms with van der Waals surface area (Å²) in [5.74, 6) is 1.59. The molecule has 2 amide bonds. The highest BCUT2D eigenvalue weighted by Gasteiger charge is 2.34. The number of fused-ring (bicyclic) bond motifs is 1. The Hall–Kier alpha value is -4.40. The average Bonchev–Trinajstić information content (AvgIpc) is 3.54. The van der Waals surface area contributed by atoms with Gasteiger partial charge in [0.1, 0.15) is 39.2 Å². The highest BCUT2D eigenvalue weighted by molar-refractivity contribution is 7.90. The van der Waals surface area contributed by atoms with Crippen LogP contribution >= 0.6 is 0 Å². The van der Waals surface area contributed by atoms with E-state index in [-0.39, 0.29) is 29.7 Å². The van der Waals surface area contributed by atoms with E-state index in [1.54, 1.807) is 33.9 Å². The molecule has 1 saturated carbocycles. The molecular weight excluding hydrogens is 689 g/mol. The molecule has 0 spiro atoms. The maximum absolute atomic E-state index is 13.4. The lowest BCUT2D eigenvalue weighted by Crippen LogP contribution is -2.47. The number of hydrogen-bond donors (Lipinski definition) is 1. The van der Waals surface area contributed by atoms with Crippen LogP contribution in [0.15, 0.2) is 42.7 Å². The van der Waals surface area contributed by atoms with Crippen molar-refractivity contribution in [1.29, 1.82) is 0 Å². The Bertz CT molecular complexity index is 1820. The summed E-state index contributed by atoms with van der Waals surface area (Å²) in [6.07, 6.45) is 8.66. The van der Waals surface area contributed by atoms with Crippen molar-refractivity contribution >= 4 is 44.7 Å². The summed E-state index contributed by atoms with van der Waals surface area (Å²) in [6.45, 7) is 8.28. The van der Waals surface area contributed by atoms with E-state index in [0.717, 1.165) is 36.6 Å². The second kappa shape index (κ2) is 16.5. The number of nitrogens with zero attached hydrogens (tertiary/aromatic N) is 5. The summed E-state index contributed by atoms with van der Waals surface area (Å²) in [6, 6.07) is 8.90. The number of benzene rings is 1. The van der Waals surface area contributed by atoms with Gasteiger partial charge in [0.15, 0.2) is 0 Å². The fraction of sp³-hybridized carbons (Fsp3) is 0.595. The zero-order valence-corrected chi connectivity index (χ0v) is 31.9. The first-order valence-electron chi connectivity index (χ1n) is 18.0. The molecule has 2 aliphatic rings. The van der Waals surface area contributed by atoms with Gasteiger partial charge in [0.05, 0.1) is 17.9 Å². The van der Waals surface area contributed by atoms with Crippen LogP contribution in [0.2, 0.25) is 0 Å². The molecule has 1 aromatic carbocycles. The largest absolute Gasteiger partial charge is 0.493 e. The van der Waals surface area contributed by atoms with E-state index in [4.69, 9.17) is 19.2 Å². The smallest absolute Gasteiger partial charge is 0.410 e. The van der Waals surface area contributed by atoms with Crippen molar-refractivity contribution in [2.45, 2.75) is 96.4 Å². The van der Waals surface area contributed by atoms with E-state index in [1.165, 1.54) is 18.2 Å². The summed E-state index contributed by atoms with van der Waals surface area (Å²) in [7, 11) is -1.52. The van der Waals surface area contributed by atoms with Crippen LogP contribution < -0.4 is 10.1 Å². The highest BCUT2D eigenvalue weighted by Crippen LogP contribution is 2.31. The molecule has 1 atom stereocenters. The molecule has 0 unspecified atom stereocenters. The summed E-state index contributed by atoms with van der Waals surface area (Å²) in [4.78, 5) is 50.9. The number of hydrogen-bond acceptors (Lipinski definition) is 11. The molecule has 3 aromatic rings. The average molecular weight is 741 g/mol. The molecule has 14 nitrogen and oxygen atoms in total. The zero-order valence-electron chi connectivity index (χ0n) is 31.0. The van der Waals surface area contributed by atoms with Crippen molar-refractivity contribution in [1.82, 2.24) is 24.3 Å². The van der Waals surface area contributed by atoms with Crippen LogP contribution in [0, 0.1) is 5.92 Å². The minimum absolute atomic E-state index is 0.0547. The number of carbonyl (C=O) groups excluding carboxylic acids is 3. The molecule has 2 fully saturated rings. The van der Waals surface area contributed by atoms with Crippen molar-refractivity contribution in [3.05, 3.63) is 42.7 Å². The number of amides is 2. The van der Waals surface area contributed by atoms with Gasteiger partial charge in [0.2, 0.25) is 11.9 Å². The molecule has 52 heavy (non-hydrogen) atoms. The van der Waals surface area contributed by atoms with Crippen molar-refractivity contribution < 1.29 is 37.0 Å². The van der Waals surface area contributed by atoms with Crippen LogP contribution in [0.3, 0.4) is 0 Å². The van der Waals surface area contributed by atoms with Crippen molar-refractivity contribution in [3.8, 4) is 11.6 Å². The van der Waals surface area contributed by atoms with Gasteiger partial charge in [-0.15, -0.1) is 0 Å². The number of rotatable bonds is 12. The Morgan fingerprint density at radius 2 is 1.75 bits per heavy atom. The molecular formula is C37H52N6O8S. The topological polar surface area (TPSA) is 162 Å². The van der Waals surface area contributed by atoms with Crippen LogP contribution in [-0.4, -0.2) is 113 Å². The number of aromatic nitrogens is 3. The van der Waals surface area contributed by atoms with Crippen LogP contribution in [-0.2, 0) is 28.9 Å². The van der Waals surface area contributed by atoms with Gasteiger partial charge in [-0.2, -0.15) is 4.98 Å². The van der Waals surface area contributed by atoms with E-state index >= 15 is 0 Å². The van der Waals surface area contributed by atoms with Crippen LogP contribution in [0.4, 0.5) is 10.7 Å². The minimum Gasteiger partial charge on any atom is -0.493 e. The lowest BCUT2D eigenvalue weighted by molar-refractivity contribution is -0.157. The first kappa shape index (κ1) is 38.8. The summed E-state index contributed by atoms with van der Waals surface area (Å²) in [5.41, 5.74) is 0.243. The van der Waals surface area contributed by atoms with Gasteiger partial charge in [0.25, 0.3) is 0 Å². The first-order chi connectivity index (χ1) is 24.6. The number of sulfone groups is 1. The van der Waals surface area contributed by atoms with E-state index in [0.29, 0.717) is 56.5 Å². The lowest BCUT2D eigenvalue weighted by Gasteiger charge is -2.36. The molecule has 1 saturated heterocycles. The van der Waals surface area contributed by atoms with E-state index in [2.05, 4.69) is 10.3 Å². The maximum atomic E-state index is 13.4. The van der Waals surface area contributed by atoms with Crippen LogP contribution in [0.25, 0.3) is 16.7 Å². The zero-order chi connectivity index (χ0) is 37.6. The van der Waals surface area contributed by atoms with Crippen LogP contribution in [0.5, 0.6) is 5.75 Å². The normalized spacial score (nSPS) is 19.2. The van der Waals surface area contributed by atoms with Gasteiger partial charge in [-0.1, -0.05) is 6.07 Å². The fourth-order valence-corrected chi connectivity index (χ4v) is 7.20. The predicted octanol–water partition coefficient (Wildman–Crippen LogP) is 4.99. The van der Waals surface area contributed by atoms with Crippen molar-refractivity contribution in [2.75, 3.05) is 44.1 Å². The molecule has 0 radical (unpaired) electrons. The van der Waals surface area contributed by atoms with Gasteiger partial charge in [-0.05, 0) is 84.1 Å². The Labute approximate surface area is 306 Å². The molecule has 2 aromatic heterocycles. The Balaban J connectivity index is 1.07. The fourth-order valence-electron chi connectivity index (χ4n) is 6.55. The summed E-state index contributed by atoms with van der Waals surface area (Å²) in [5, 5.41) is 4.38. The Morgan fingerprint density at radius 3 is 2.42 bits per heavy atom. The number of piperidine rings is 1. The summed E-state index contributed by atoms with van der Waals surface area (Å²) >= 11 is 0. The molecule has 1 aliphatic carbocycles.